The summed E-state index contributed by atoms with van der Waals surface area (Å²) in [4.78, 5) is 21.2. The number of aryl methyl sites for hydroxylation is 2. The van der Waals surface area contributed by atoms with Gasteiger partial charge in [-0.2, -0.15) is 9.90 Å². The number of H-pyrrole nitrogens is 1. The van der Waals surface area contributed by atoms with Crippen LogP contribution >= 0.6 is 0 Å². The average molecular weight is 419 g/mol. The Morgan fingerprint density at radius 2 is 2.10 bits per heavy atom. The molecule has 4 heterocycles. The van der Waals surface area contributed by atoms with Crippen LogP contribution in [-0.2, 0) is 13.0 Å². The van der Waals surface area contributed by atoms with Crippen molar-refractivity contribution in [3.05, 3.63) is 46.2 Å². The van der Waals surface area contributed by atoms with E-state index in [1.807, 2.05) is 13.8 Å². The van der Waals surface area contributed by atoms with E-state index in [2.05, 4.69) is 48.0 Å². The molecule has 0 spiro atoms. The van der Waals surface area contributed by atoms with Crippen molar-refractivity contribution in [3.8, 4) is 0 Å². The molecule has 3 aliphatic rings. The molecule has 10 nitrogen and oxygen atoms in total. The third-order valence-corrected chi connectivity index (χ3v) is 6.88. The maximum Gasteiger partial charge on any atom is 0.293 e. The maximum absolute atomic E-state index is 12.6. The molecule has 2 N–H and O–H groups in total. The maximum atomic E-state index is 12.6. The van der Waals surface area contributed by atoms with E-state index in [1.165, 1.54) is 16.8 Å². The third kappa shape index (κ3) is 3.26. The van der Waals surface area contributed by atoms with Crippen LogP contribution < -0.4 is 10.2 Å². The Labute approximate surface area is 179 Å². The molecule has 1 amide bonds. The number of hydrogen-bond donors (Lipinski definition) is 2. The minimum atomic E-state index is -0.331. The van der Waals surface area contributed by atoms with Gasteiger partial charge in [-0.05, 0) is 67.4 Å². The van der Waals surface area contributed by atoms with Gasteiger partial charge in [-0.1, -0.05) is 6.07 Å². The van der Waals surface area contributed by atoms with Gasteiger partial charge in [0.15, 0.2) is 0 Å². The van der Waals surface area contributed by atoms with Crippen molar-refractivity contribution in [2.75, 3.05) is 18.0 Å². The number of amides is 1. The zero-order chi connectivity index (χ0) is 21.1. The van der Waals surface area contributed by atoms with Crippen LogP contribution in [0.3, 0.4) is 0 Å². The van der Waals surface area contributed by atoms with Crippen molar-refractivity contribution in [2.24, 2.45) is 11.8 Å². The highest BCUT2D eigenvalue weighted by atomic mass is 16.2. The van der Waals surface area contributed by atoms with Crippen LogP contribution in [0.1, 0.15) is 57.7 Å². The molecule has 10 heteroatoms. The van der Waals surface area contributed by atoms with E-state index >= 15 is 0 Å². The zero-order valence-corrected chi connectivity index (χ0v) is 17.7. The number of nitrogens with one attached hydrogen (secondary N) is 2. The summed E-state index contributed by atoms with van der Waals surface area (Å²) < 4.78 is 0. The Morgan fingerprint density at radius 3 is 2.90 bits per heavy atom. The van der Waals surface area contributed by atoms with Gasteiger partial charge in [0.1, 0.15) is 5.82 Å². The topological polar surface area (TPSA) is 118 Å². The van der Waals surface area contributed by atoms with Gasteiger partial charge in [-0.15, -0.1) is 10.2 Å². The lowest BCUT2D eigenvalue weighted by Gasteiger charge is -2.20. The van der Waals surface area contributed by atoms with Crippen LogP contribution in [0.15, 0.2) is 12.1 Å². The molecule has 6 rings (SSSR count). The molecule has 2 unspecified atom stereocenters. The SMILES string of the molecule is Cc1nc(N2CC3CC3C2)ccc1Cn1nnc(C(=O)N[C@@H]2CCc3c2n[nH]c3C)n1. The first kappa shape index (κ1) is 18.5. The van der Waals surface area contributed by atoms with Crippen LogP contribution in [-0.4, -0.2) is 54.4 Å². The van der Waals surface area contributed by atoms with Crippen molar-refractivity contribution in [2.45, 2.75) is 45.7 Å². The van der Waals surface area contributed by atoms with Crippen molar-refractivity contribution in [1.29, 1.82) is 0 Å². The molecule has 160 valence electrons. The Morgan fingerprint density at radius 1 is 1.26 bits per heavy atom. The molecular formula is C21H25N9O. The van der Waals surface area contributed by atoms with Crippen molar-refractivity contribution in [3.63, 3.8) is 0 Å². The van der Waals surface area contributed by atoms with Gasteiger partial charge in [-0.3, -0.25) is 9.89 Å². The number of rotatable bonds is 5. The highest BCUT2D eigenvalue weighted by Crippen LogP contribution is 2.45. The largest absolute Gasteiger partial charge is 0.356 e. The van der Waals surface area contributed by atoms with Crippen molar-refractivity contribution >= 4 is 11.7 Å². The molecule has 31 heavy (non-hydrogen) atoms. The molecule has 3 aromatic heterocycles. The van der Waals surface area contributed by atoms with Crippen LogP contribution in [0.4, 0.5) is 5.82 Å². The lowest BCUT2D eigenvalue weighted by atomic mass is 10.2. The normalized spacial score (nSPS) is 23.7. The van der Waals surface area contributed by atoms with Crippen LogP contribution in [0, 0.1) is 25.7 Å². The second-order valence-corrected chi connectivity index (χ2v) is 9.00. The number of fused-ring (bicyclic) bond motifs is 2. The number of aromatic nitrogens is 7. The molecule has 1 saturated carbocycles. The van der Waals surface area contributed by atoms with Gasteiger partial charge in [0.25, 0.3) is 11.7 Å². The van der Waals surface area contributed by atoms with Crippen LogP contribution in [0.2, 0.25) is 0 Å². The number of pyridine rings is 1. The van der Waals surface area contributed by atoms with Crippen LogP contribution in [0.5, 0.6) is 0 Å². The second-order valence-electron chi connectivity index (χ2n) is 9.00. The van der Waals surface area contributed by atoms with Crippen molar-refractivity contribution < 1.29 is 4.79 Å². The fraction of sp³-hybridized carbons (Fsp3) is 0.524. The van der Waals surface area contributed by atoms with Crippen molar-refractivity contribution in [1.82, 2.24) is 40.7 Å². The molecule has 2 aliphatic carbocycles. The summed E-state index contributed by atoms with van der Waals surface area (Å²) >= 11 is 0. The predicted molar refractivity (Wildman–Crippen MR) is 112 cm³/mol. The van der Waals surface area contributed by atoms with E-state index in [0.717, 1.165) is 66.2 Å². The van der Waals surface area contributed by atoms with Crippen LogP contribution in [0.25, 0.3) is 0 Å². The number of tetrazole rings is 1. The molecular weight excluding hydrogens is 394 g/mol. The Balaban J connectivity index is 1.12. The lowest BCUT2D eigenvalue weighted by Crippen LogP contribution is -2.28. The molecule has 3 atom stereocenters. The lowest BCUT2D eigenvalue weighted by molar-refractivity contribution is 0.0925. The Kier molecular flexibility index (Phi) is 4.09. The molecule has 0 aromatic carbocycles. The van der Waals surface area contributed by atoms with E-state index in [9.17, 15) is 4.79 Å². The van der Waals surface area contributed by atoms with E-state index in [4.69, 9.17) is 4.98 Å². The van der Waals surface area contributed by atoms with E-state index in [-0.39, 0.29) is 17.8 Å². The van der Waals surface area contributed by atoms with Gasteiger partial charge >= 0.3 is 0 Å². The first-order valence-electron chi connectivity index (χ1n) is 10.9. The molecule has 0 radical (unpaired) electrons. The zero-order valence-electron chi connectivity index (χ0n) is 17.7. The van der Waals surface area contributed by atoms with Gasteiger partial charge in [0.05, 0.1) is 18.3 Å². The highest BCUT2D eigenvalue weighted by Gasteiger charge is 2.45. The first-order valence-corrected chi connectivity index (χ1v) is 10.9. The smallest absolute Gasteiger partial charge is 0.293 e. The molecule has 1 aliphatic heterocycles. The fourth-order valence-electron chi connectivity index (χ4n) is 4.92. The summed E-state index contributed by atoms with van der Waals surface area (Å²) in [6.45, 7) is 6.68. The Hall–Kier alpha value is -3.30. The summed E-state index contributed by atoms with van der Waals surface area (Å²) in [5.74, 6) is 2.53. The minimum absolute atomic E-state index is 0.0687. The summed E-state index contributed by atoms with van der Waals surface area (Å²) in [6.07, 6.45) is 3.12. The number of nitrogens with zero attached hydrogens (tertiary/aromatic N) is 7. The predicted octanol–water partition coefficient (Wildman–Crippen LogP) is 1.33. The average Bonchev–Trinajstić information content (AvgIpc) is 3.22. The van der Waals surface area contributed by atoms with Gasteiger partial charge in [0.2, 0.25) is 0 Å². The second kappa shape index (κ2) is 6.86. The number of aromatic amines is 1. The molecule has 1 saturated heterocycles. The number of anilines is 1. The number of carbonyl (C=O) groups is 1. The number of carbonyl (C=O) groups excluding carboxylic acids is 1. The van der Waals surface area contributed by atoms with Gasteiger partial charge in [-0.25, -0.2) is 4.98 Å². The quantitative estimate of drug-likeness (QED) is 0.641. The third-order valence-electron chi connectivity index (χ3n) is 6.88. The molecule has 3 aromatic rings. The fourth-order valence-corrected chi connectivity index (χ4v) is 4.92. The monoisotopic (exact) mass is 419 g/mol. The number of piperidine rings is 1. The molecule has 0 bridgehead atoms. The summed E-state index contributed by atoms with van der Waals surface area (Å²) in [6, 6.07) is 4.03. The standard InChI is InChI=1S/C21H25N9O/c1-11-13(3-6-18(22-11)29-8-14-7-15(14)9-29)10-30-27-20(26-28-30)21(31)23-17-5-4-16-12(2)24-25-19(16)17/h3,6,14-15,17H,4-5,7-10H2,1-2H3,(H,23,31)(H,24,25)/t14?,15?,17-/m1/s1. The van der Waals surface area contributed by atoms with E-state index in [1.54, 1.807) is 0 Å². The van der Waals surface area contributed by atoms with Gasteiger partial charge < -0.3 is 10.2 Å². The van der Waals surface area contributed by atoms with E-state index in [0.29, 0.717) is 6.54 Å². The first-order chi connectivity index (χ1) is 15.0. The van der Waals surface area contributed by atoms with E-state index < -0.39 is 0 Å². The Bertz CT molecular complexity index is 1160. The minimum Gasteiger partial charge on any atom is -0.356 e. The summed E-state index contributed by atoms with van der Waals surface area (Å²) in [7, 11) is 0. The van der Waals surface area contributed by atoms with Gasteiger partial charge in [0, 0.05) is 24.5 Å². The number of hydrogen-bond acceptors (Lipinski definition) is 7. The highest BCUT2D eigenvalue weighted by molar-refractivity contribution is 5.90. The summed E-state index contributed by atoms with van der Waals surface area (Å²) in [5.41, 5.74) is 5.14. The molecule has 2 fully saturated rings. The summed E-state index contributed by atoms with van der Waals surface area (Å²) in [5, 5.41) is 22.6.